The molecule has 104 valence electrons. The molecule has 0 bridgehead atoms. The summed E-state index contributed by atoms with van der Waals surface area (Å²) in [5.74, 6) is -0.285. The quantitative estimate of drug-likeness (QED) is 0.772. The Labute approximate surface area is 115 Å². The van der Waals surface area contributed by atoms with Crippen LogP contribution in [0.5, 0.6) is 0 Å². The summed E-state index contributed by atoms with van der Waals surface area (Å²) in [5, 5.41) is 3.47. The average molecular weight is 261 g/mol. The summed E-state index contributed by atoms with van der Waals surface area (Å²) in [6.07, 6.45) is 2.95. The standard InChI is InChI=1S/C15H23N3O/c1-18(2)11-10-15(14(16)19,17-13-8-9-13)12-6-4-3-5-7-12/h3-7,13,17H,8-11H2,1-2H3,(H2,16,19). The van der Waals surface area contributed by atoms with Gasteiger partial charge in [0.1, 0.15) is 5.54 Å². The van der Waals surface area contributed by atoms with E-state index in [1.165, 1.54) is 0 Å². The highest BCUT2D eigenvalue weighted by Crippen LogP contribution is 2.31. The molecule has 1 amide bonds. The predicted octanol–water partition coefficient (Wildman–Crippen LogP) is 1.07. The van der Waals surface area contributed by atoms with Gasteiger partial charge in [0.25, 0.3) is 0 Å². The first-order valence-corrected chi connectivity index (χ1v) is 6.82. The van der Waals surface area contributed by atoms with Crippen LogP contribution in [0.15, 0.2) is 30.3 Å². The Kier molecular flexibility index (Phi) is 4.22. The number of rotatable bonds is 7. The summed E-state index contributed by atoms with van der Waals surface area (Å²) in [6.45, 7) is 0.817. The monoisotopic (exact) mass is 261 g/mol. The van der Waals surface area contributed by atoms with Crippen LogP contribution in [-0.4, -0.2) is 37.5 Å². The Hall–Kier alpha value is -1.39. The van der Waals surface area contributed by atoms with Crippen LogP contribution in [-0.2, 0) is 10.3 Å². The highest BCUT2D eigenvalue weighted by atomic mass is 16.1. The van der Waals surface area contributed by atoms with E-state index < -0.39 is 5.54 Å². The first-order valence-electron chi connectivity index (χ1n) is 6.82. The van der Waals surface area contributed by atoms with Crippen LogP contribution in [0.25, 0.3) is 0 Å². The molecule has 1 unspecified atom stereocenters. The van der Waals surface area contributed by atoms with Gasteiger partial charge in [0.2, 0.25) is 5.91 Å². The minimum absolute atomic E-state index is 0.285. The summed E-state index contributed by atoms with van der Waals surface area (Å²) in [5.41, 5.74) is 5.97. The molecular formula is C15H23N3O. The summed E-state index contributed by atoms with van der Waals surface area (Å²) in [4.78, 5) is 14.2. The number of benzene rings is 1. The zero-order valence-electron chi connectivity index (χ0n) is 11.7. The SMILES string of the molecule is CN(C)CCC(NC1CC1)(C(N)=O)c1ccccc1. The predicted molar refractivity (Wildman–Crippen MR) is 76.6 cm³/mol. The molecule has 0 saturated heterocycles. The molecule has 0 radical (unpaired) electrons. The lowest BCUT2D eigenvalue weighted by Crippen LogP contribution is -2.54. The third-order valence-electron chi connectivity index (χ3n) is 3.65. The number of carbonyl (C=O) groups excluding carboxylic acids is 1. The van der Waals surface area contributed by atoms with Gasteiger partial charge in [0.05, 0.1) is 0 Å². The number of nitrogens with two attached hydrogens (primary N) is 1. The minimum atomic E-state index is -0.743. The number of hydrogen-bond acceptors (Lipinski definition) is 3. The summed E-state index contributed by atoms with van der Waals surface area (Å²) in [6, 6.07) is 10.3. The molecule has 1 aliphatic rings. The lowest BCUT2D eigenvalue weighted by atomic mass is 9.85. The molecule has 4 nitrogen and oxygen atoms in total. The van der Waals surface area contributed by atoms with E-state index in [0.717, 1.165) is 24.9 Å². The molecule has 0 aromatic heterocycles. The van der Waals surface area contributed by atoms with Gasteiger partial charge >= 0.3 is 0 Å². The minimum Gasteiger partial charge on any atom is -0.368 e. The van der Waals surface area contributed by atoms with E-state index in [9.17, 15) is 4.79 Å². The van der Waals surface area contributed by atoms with Gasteiger partial charge in [-0.15, -0.1) is 0 Å². The highest BCUT2D eigenvalue weighted by Gasteiger charge is 2.42. The number of primary amides is 1. The summed E-state index contributed by atoms with van der Waals surface area (Å²) < 4.78 is 0. The van der Waals surface area contributed by atoms with Crippen molar-refractivity contribution in [1.82, 2.24) is 10.2 Å². The van der Waals surface area contributed by atoms with Crippen molar-refractivity contribution in [3.05, 3.63) is 35.9 Å². The lowest BCUT2D eigenvalue weighted by Gasteiger charge is -2.33. The zero-order chi connectivity index (χ0) is 13.9. The van der Waals surface area contributed by atoms with E-state index in [0.29, 0.717) is 12.5 Å². The maximum Gasteiger partial charge on any atom is 0.242 e. The van der Waals surface area contributed by atoms with E-state index in [1.807, 2.05) is 44.4 Å². The largest absolute Gasteiger partial charge is 0.368 e. The number of carbonyl (C=O) groups is 1. The van der Waals surface area contributed by atoms with Crippen LogP contribution in [0.3, 0.4) is 0 Å². The molecule has 1 fully saturated rings. The van der Waals surface area contributed by atoms with Crippen LogP contribution in [0.4, 0.5) is 0 Å². The Morgan fingerprint density at radius 1 is 1.37 bits per heavy atom. The maximum absolute atomic E-state index is 12.1. The van der Waals surface area contributed by atoms with Gasteiger partial charge in [-0.05, 0) is 38.9 Å². The highest BCUT2D eigenvalue weighted by molar-refractivity contribution is 5.86. The molecule has 1 aromatic carbocycles. The molecule has 3 N–H and O–H groups in total. The molecule has 4 heteroatoms. The fourth-order valence-corrected chi connectivity index (χ4v) is 2.33. The molecule has 1 saturated carbocycles. The molecule has 1 atom stereocenters. The smallest absolute Gasteiger partial charge is 0.242 e. The van der Waals surface area contributed by atoms with Crippen molar-refractivity contribution < 1.29 is 4.79 Å². The topological polar surface area (TPSA) is 58.4 Å². The van der Waals surface area contributed by atoms with Crippen molar-refractivity contribution in [2.45, 2.75) is 30.8 Å². The Bertz CT molecular complexity index is 428. The van der Waals surface area contributed by atoms with Crippen molar-refractivity contribution in [2.75, 3.05) is 20.6 Å². The molecule has 1 aliphatic carbocycles. The molecule has 19 heavy (non-hydrogen) atoms. The lowest BCUT2D eigenvalue weighted by molar-refractivity contribution is -0.125. The number of hydrogen-bond donors (Lipinski definition) is 2. The van der Waals surface area contributed by atoms with Crippen molar-refractivity contribution >= 4 is 5.91 Å². The Morgan fingerprint density at radius 2 is 2.00 bits per heavy atom. The fraction of sp³-hybridized carbons (Fsp3) is 0.533. The van der Waals surface area contributed by atoms with E-state index in [1.54, 1.807) is 0 Å². The second-order valence-electron chi connectivity index (χ2n) is 5.61. The normalized spacial score (nSPS) is 18.3. The number of amides is 1. The van der Waals surface area contributed by atoms with Crippen LogP contribution in [0.2, 0.25) is 0 Å². The average Bonchev–Trinajstić information content (AvgIpc) is 3.19. The second-order valence-corrected chi connectivity index (χ2v) is 5.61. The zero-order valence-corrected chi connectivity index (χ0v) is 11.7. The molecule has 1 aromatic rings. The molecular weight excluding hydrogens is 238 g/mol. The van der Waals surface area contributed by atoms with Crippen molar-refractivity contribution in [1.29, 1.82) is 0 Å². The van der Waals surface area contributed by atoms with Crippen molar-refractivity contribution in [2.24, 2.45) is 5.73 Å². The van der Waals surface area contributed by atoms with E-state index in [4.69, 9.17) is 5.73 Å². The van der Waals surface area contributed by atoms with Crippen LogP contribution in [0.1, 0.15) is 24.8 Å². The van der Waals surface area contributed by atoms with Gasteiger partial charge in [-0.25, -0.2) is 0 Å². The van der Waals surface area contributed by atoms with Gasteiger partial charge in [-0.1, -0.05) is 30.3 Å². The number of nitrogens with one attached hydrogen (secondary N) is 1. The van der Waals surface area contributed by atoms with Gasteiger partial charge in [0, 0.05) is 12.6 Å². The third-order valence-corrected chi connectivity index (χ3v) is 3.65. The fourth-order valence-electron chi connectivity index (χ4n) is 2.33. The van der Waals surface area contributed by atoms with Crippen molar-refractivity contribution in [3.63, 3.8) is 0 Å². The molecule has 0 spiro atoms. The number of nitrogens with zero attached hydrogens (tertiary/aromatic N) is 1. The Balaban J connectivity index is 2.30. The van der Waals surface area contributed by atoms with Gasteiger partial charge in [-0.2, -0.15) is 0 Å². The third kappa shape index (κ3) is 3.33. The van der Waals surface area contributed by atoms with Gasteiger partial charge < -0.3 is 10.6 Å². The first-order chi connectivity index (χ1) is 9.04. The van der Waals surface area contributed by atoms with Gasteiger partial charge in [-0.3, -0.25) is 10.1 Å². The van der Waals surface area contributed by atoms with E-state index in [2.05, 4.69) is 10.2 Å². The molecule has 0 aliphatic heterocycles. The Morgan fingerprint density at radius 3 is 2.47 bits per heavy atom. The van der Waals surface area contributed by atoms with Crippen LogP contribution < -0.4 is 11.1 Å². The van der Waals surface area contributed by atoms with Crippen LogP contribution in [0, 0.1) is 0 Å². The van der Waals surface area contributed by atoms with E-state index in [-0.39, 0.29) is 5.91 Å². The molecule has 2 rings (SSSR count). The summed E-state index contributed by atoms with van der Waals surface area (Å²) in [7, 11) is 4.02. The first kappa shape index (κ1) is 14.0. The summed E-state index contributed by atoms with van der Waals surface area (Å²) >= 11 is 0. The van der Waals surface area contributed by atoms with Crippen LogP contribution >= 0.6 is 0 Å². The van der Waals surface area contributed by atoms with Crippen molar-refractivity contribution in [3.8, 4) is 0 Å². The van der Waals surface area contributed by atoms with Gasteiger partial charge in [0.15, 0.2) is 0 Å². The maximum atomic E-state index is 12.1. The second kappa shape index (κ2) is 5.72. The van der Waals surface area contributed by atoms with E-state index >= 15 is 0 Å². The molecule has 0 heterocycles.